The molecule has 0 spiro atoms. The van der Waals surface area contributed by atoms with Crippen molar-refractivity contribution in [3.63, 3.8) is 0 Å². The molecule has 2 saturated heterocycles. The molecule has 0 radical (unpaired) electrons. The van der Waals surface area contributed by atoms with Crippen molar-refractivity contribution < 1.29 is 9.53 Å². The monoisotopic (exact) mass is 326 g/mol. The first kappa shape index (κ1) is 15.7. The molecule has 2 aliphatic heterocycles. The molecule has 4 rings (SSSR count). The van der Waals surface area contributed by atoms with Crippen molar-refractivity contribution in [1.82, 2.24) is 9.47 Å². The maximum Gasteiger partial charge on any atom is 0.340 e. The number of nitrogens with zero attached hydrogens (tertiary/aromatic N) is 2. The van der Waals surface area contributed by atoms with Crippen LogP contribution in [-0.2, 0) is 4.74 Å². The van der Waals surface area contributed by atoms with Gasteiger partial charge in [-0.25, -0.2) is 4.79 Å². The van der Waals surface area contributed by atoms with Crippen LogP contribution in [0.5, 0.6) is 0 Å². The van der Waals surface area contributed by atoms with Crippen LogP contribution < -0.4 is 0 Å². The predicted molar refractivity (Wildman–Crippen MR) is 95.3 cm³/mol. The number of carbonyl (C=O) groups is 1. The van der Waals surface area contributed by atoms with E-state index < -0.39 is 0 Å². The zero-order valence-electron chi connectivity index (χ0n) is 14.7. The average molecular weight is 326 g/mol. The molecule has 4 nitrogen and oxygen atoms in total. The van der Waals surface area contributed by atoms with Crippen LogP contribution in [0.4, 0.5) is 0 Å². The maximum absolute atomic E-state index is 12.8. The van der Waals surface area contributed by atoms with Gasteiger partial charge in [0, 0.05) is 48.1 Å². The molecule has 24 heavy (non-hydrogen) atoms. The Balaban J connectivity index is 1.58. The molecule has 2 fully saturated rings. The summed E-state index contributed by atoms with van der Waals surface area (Å²) in [7, 11) is 2.20. The van der Waals surface area contributed by atoms with Crippen molar-refractivity contribution >= 4 is 16.9 Å². The Morgan fingerprint density at radius 1 is 1.17 bits per heavy atom. The number of piperidine rings is 1. The van der Waals surface area contributed by atoms with Crippen LogP contribution in [0.15, 0.2) is 30.5 Å². The summed E-state index contributed by atoms with van der Waals surface area (Å²) in [6.45, 7) is 4.27. The Morgan fingerprint density at radius 2 is 1.83 bits per heavy atom. The van der Waals surface area contributed by atoms with Crippen LogP contribution in [-0.4, -0.2) is 40.7 Å². The summed E-state index contributed by atoms with van der Waals surface area (Å²) < 4.78 is 8.09. The third-order valence-corrected chi connectivity index (χ3v) is 5.85. The molecule has 3 atom stereocenters. The zero-order chi connectivity index (χ0) is 16.8. The molecule has 0 saturated carbocycles. The highest BCUT2D eigenvalue weighted by atomic mass is 16.5. The van der Waals surface area contributed by atoms with E-state index in [1.165, 1.54) is 12.8 Å². The summed E-state index contributed by atoms with van der Waals surface area (Å²) in [6, 6.07) is 9.57. The number of ether oxygens (including phenoxy) is 1. The maximum atomic E-state index is 12.8. The lowest BCUT2D eigenvalue weighted by atomic mass is 10.0. The lowest BCUT2D eigenvalue weighted by Gasteiger charge is -2.35. The summed E-state index contributed by atoms with van der Waals surface area (Å²) in [4.78, 5) is 15.3. The largest absolute Gasteiger partial charge is 0.459 e. The van der Waals surface area contributed by atoms with Crippen molar-refractivity contribution in [3.8, 4) is 0 Å². The second-order valence-corrected chi connectivity index (χ2v) is 7.61. The quantitative estimate of drug-likeness (QED) is 0.800. The molecule has 3 heterocycles. The van der Waals surface area contributed by atoms with Crippen LogP contribution >= 0.6 is 0 Å². The van der Waals surface area contributed by atoms with Gasteiger partial charge in [-0.05, 0) is 39.8 Å². The van der Waals surface area contributed by atoms with E-state index in [-0.39, 0.29) is 12.1 Å². The van der Waals surface area contributed by atoms with E-state index in [2.05, 4.69) is 36.4 Å². The molecule has 2 unspecified atom stereocenters. The first-order chi connectivity index (χ1) is 11.5. The highest BCUT2D eigenvalue weighted by Gasteiger charge is 2.40. The molecule has 0 amide bonds. The number of rotatable bonds is 3. The average Bonchev–Trinajstić information content (AvgIpc) is 3.02. The van der Waals surface area contributed by atoms with Gasteiger partial charge >= 0.3 is 5.97 Å². The van der Waals surface area contributed by atoms with Gasteiger partial charge < -0.3 is 14.2 Å². The van der Waals surface area contributed by atoms with Crippen LogP contribution in [0, 0.1) is 0 Å². The van der Waals surface area contributed by atoms with Gasteiger partial charge in [0.2, 0.25) is 0 Å². The lowest BCUT2D eigenvalue weighted by Crippen LogP contribution is -2.43. The molecule has 2 bridgehead atoms. The van der Waals surface area contributed by atoms with Gasteiger partial charge in [0.25, 0.3) is 0 Å². The molecule has 0 aliphatic carbocycles. The number of para-hydroxylation sites is 1. The number of carbonyl (C=O) groups excluding carboxylic acids is 1. The van der Waals surface area contributed by atoms with E-state index in [0.717, 1.165) is 23.7 Å². The summed E-state index contributed by atoms with van der Waals surface area (Å²) in [6.07, 6.45) is 6.45. The minimum Gasteiger partial charge on any atom is -0.459 e. The normalized spacial score (nSPS) is 27.1. The Kier molecular flexibility index (Phi) is 3.87. The second-order valence-electron chi connectivity index (χ2n) is 7.61. The fourth-order valence-corrected chi connectivity index (χ4v) is 4.47. The minimum absolute atomic E-state index is 0.0624. The first-order valence-electron chi connectivity index (χ1n) is 9.07. The highest BCUT2D eigenvalue weighted by molar-refractivity contribution is 6.04. The molecule has 128 valence electrons. The van der Waals surface area contributed by atoms with E-state index in [0.29, 0.717) is 23.7 Å². The predicted octanol–water partition coefficient (Wildman–Crippen LogP) is 4.00. The Hall–Kier alpha value is -1.81. The molecule has 2 aliphatic rings. The fourth-order valence-electron chi connectivity index (χ4n) is 4.47. The lowest BCUT2D eigenvalue weighted by molar-refractivity contribution is -0.000283. The SMILES string of the molecule is CC(C)n1cc(C(=O)OC2CC3CC[C@@H](C2)N3C)c2ccccc21. The van der Waals surface area contributed by atoms with Gasteiger partial charge in [0.15, 0.2) is 0 Å². The van der Waals surface area contributed by atoms with Gasteiger partial charge in [0.05, 0.1) is 5.56 Å². The third kappa shape index (κ3) is 2.53. The molecule has 0 N–H and O–H groups in total. The molecule has 1 aromatic heterocycles. The number of esters is 1. The molecular weight excluding hydrogens is 300 g/mol. The minimum atomic E-state index is -0.167. The van der Waals surface area contributed by atoms with Gasteiger partial charge in [-0.15, -0.1) is 0 Å². The molecule has 4 heteroatoms. The number of fused-ring (bicyclic) bond motifs is 3. The number of hydrogen-bond donors (Lipinski definition) is 0. The zero-order valence-corrected chi connectivity index (χ0v) is 14.7. The van der Waals surface area contributed by atoms with E-state index >= 15 is 0 Å². The summed E-state index contributed by atoms with van der Waals surface area (Å²) >= 11 is 0. The van der Waals surface area contributed by atoms with E-state index in [4.69, 9.17) is 4.74 Å². The van der Waals surface area contributed by atoms with Crippen molar-refractivity contribution in [2.75, 3.05) is 7.05 Å². The van der Waals surface area contributed by atoms with Gasteiger partial charge in [-0.1, -0.05) is 18.2 Å². The Morgan fingerprint density at radius 3 is 2.50 bits per heavy atom. The van der Waals surface area contributed by atoms with Crippen LogP contribution in [0.1, 0.15) is 55.9 Å². The van der Waals surface area contributed by atoms with Crippen LogP contribution in [0.2, 0.25) is 0 Å². The third-order valence-electron chi connectivity index (χ3n) is 5.85. The van der Waals surface area contributed by atoms with Gasteiger partial charge in [0.1, 0.15) is 6.10 Å². The highest BCUT2D eigenvalue weighted by Crippen LogP contribution is 2.36. The number of benzene rings is 1. The fraction of sp³-hybridized carbons (Fsp3) is 0.550. The van der Waals surface area contributed by atoms with E-state index in [9.17, 15) is 4.79 Å². The first-order valence-corrected chi connectivity index (χ1v) is 9.07. The van der Waals surface area contributed by atoms with E-state index in [1.807, 2.05) is 24.4 Å². The standard InChI is InChI=1S/C20H26N2O2/c1-13(2)22-12-18(17-6-4-5-7-19(17)22)20(23)24-16-10-14-8-9-15(11-16)21(14)3/h4-7,12-16H,8-11H2,1-3H3/t14-,15?,16?/m0/s1. The van der Waals surface area contributed by atoms with Gasteiger partial charge in [-0.2, -0.15) is 0 Å². The summed E-state index contributed by atoms with van der Waals surface area (Å²) in [5.41, 5.74) is 1.80. The topological polar surface area (TPSA) is 34.5 Å². The van der Waals surface area contributed by atoms with Crippen LogP contribution in [0.3, 0.4) is 0 Å². The van der Waals surface area contributed by atoms with E-state index in [1.54, 1.807) is 0 Å². The summed E-state index contributed by atoms with van der Waals surface area (Å²) in [5, 5.41) is 0.993. The van der Waals surface area contributed by atoms with Crippen molar-refractivity contribution in [1.29, 1.82) is 0 Å². The molecule has 2 aromatic rings. The van der Waals surface area contributed by atoms with Crippen LogP contribution in [0.25, 0.3) is 10.9 Å². The van der Waals surface area contributed by atoms with Gasteiger partial charge in [-0.3, -0.25) is 0 Å². The molecule has 1 aromatic carbocycles. The Bertz CT molecular complexity index is 750. The smallest absolute Gasteiger partial charge is 0.340 e. The van der Waals surface area contributed by atoms with Crippen molar-refractivity contribution in [3.05, 3.63) is 36.0 Å². The van der Waals surface area contributed by atoms with Crippen molar-refractivity contribution in [2.45, 2.75) is 63.8 Å². The summed E-state index contributed by atoms with van der Waals surface area (Å²) in [5.74, 6) is -0.167. The molecular formula is C20H26N2O2. The number of hydrogen-bond acceptors (Lipinski definition) is 3. The number of aromatic nitrogens is 1. The van der Waals surface area contributed by atoms with Crippen molar-refractivity contribution in [2.24, 2.45) is 0 Å². The second kappa shape index (κ2) is 5.92. The Labute approximate surface area is 143 Å².